The van der Waals surface area contributed by atoms with Crippen molar-refractivity contribution >= 4 is 22.3 Å². The zero-order valence-corrected chi connectivity index (χ0v) is 11.3. The minimum absolute atomic E-state index is 0.688. The number of hydrogen-bond acceptors (Lipinski definition) is 4. The topological polar surface area (TPSA) is 63.8 Å². The van der Waals surface area contributed by atoms with E-state index in [1.807, 2.05) is 37.4 Å². The van der Waals surface area contributed by atoms with Gasteiger partial charge in [0, 0.05) is 41.6 Å². The minimum Gasteiger partial charge on any atom is -0.398 e. The molecule has 0 unspecified atom stereocenters. The summed E-state index contributed by atoms with van der Waals surface area (Å²) in [7, 11) is 0. The van der Waals surface area contributed by atoms with Crippen LogP contribution in [-0.2, 0) is 6.54 Å². The van der Waals surface area contributed by atoms with E-state index in [0.29, 0.717) is 6.54 Å². The van der Waals surface area contributed by atoms with Gasteiger partial charge in [0.15, 0.2) is 0 Å². The first-order valence-corrected chi connectivity index (χ1v) is 6.52. The van der Waals surface area contributed by atoms with Crippen molar-refractivity contribution in [3.05, 3.63) is 60.0 Å². The first-order chi connectivity index (χ1) is 9.75. The van der Waals surface area contributed by atoms with Gasteiger partial charge in [0.2, 0.25) is 0 Å². The average molecular weight is 264 g/mol. The highest BCUT2D eigenvalue weighted by Crippen LogP contribution is 2.28. The first kappa shape index (κ1) is 12.4. The van der Waals surface area contributed by atoms with Gasteiger partial charge < -0.3 is 11.1 Å². The molecule has 0 spiro atoms. The van der Waals surface area contributed by atoms with Gasteiger partial charge in [0.1, 0.15) is 5.82 Å². The molecule has 0 radical (unpaired) electrons. The van der Waals surface area contributed by atoms with Gasteiger partial charge in [-0.15, -0.1) is 0 Å². The summed E-state index contributed by atoms with van der Waals surface area (Å²) in [4.78, 5) is 8.51. The van der Waals surface area contributed by atoms with E-state index in [9.17, 15) is 0 Å². The van der Waals surface area contributed by atoms with Gasteiger partial charge in [0.25, 0.3) is 0 Å². The number of nitrogens with zero attached hydrogens (tertiary/aromatic N) is 2. The van der Waals surface area contributed by atoms with Crippen LogP contribution in [0.2, 0.25) is 0 Å². The Balaban J connectivity index is 1.94. The zero-order chi connectivity index (χ0) is 13.9. The number of pyridine rings is 2. The number of fused-ring (bicyclic) bond motifs is 1. The van der Waals surface area contributed by atoms with Gasteiger partial charge in [-0.1, -0.05) is 18.2 Å². The fourth-order valence-corrected chi connectivity index (χ4v) is 2.22. The SMILES string of the molecule is Cc1ccc2c(NCc3cccnc3)nccc2c1N. The second-order valence-corrected chi connectivity index (χ2v) is 4.77. The van der Waals surface area contributed by atoms with Gasteiger partial charge in [-0.3, -0.25) is 4.98 Å². The Bertz CT molecular complexity index is 738. The lowest BCUT2D eigenvalue weighted by Crippen LogP contribution is -2.03. The third-order valence-electron chi connectivity index (χ3n) is 3.39. The highest BCUT2D eigenvalue weighted by molar-refractivity contribution is 6.00. The number of rotatable bonds is 3. The first-order valence-electron chi connectivity index (χ1n) is 6.52. The second kappa shape index (κ2) is 5.17. The molecule has 0 fully saturated rings. The van der Waals surface area contributed by atoms with Crippen molar-refractivity contribution in [3.63, 3.8) is 0 Å². The largest absolute Gasteiger partial charge is 0.398 e. The van der Waals surface area contributed by atoms with Crippen LogP contribution < -0.4 is 11.1 Å². The summed E-state index contributed by atoms with van der Waals surface area (Å²) in [6.07, 6.45) is 5.39. The summed E-state index contributed by atoms with van der Waals surface area (Å²) < 4.78 is 0. The minimum atomic E-state index is 0.688. The van der Waals surface area contributed by atoms with Crippen molar-refractivity contribution in [3.8, 4) is 0 Å². The van der Waals surface area contributed by atoms with E-state index < -0.39 is 0 Å². The molecule has 4 nitrogen and oxygen atoms in total. The number of nitrogen functional groups attached to an aromatic ring is 1. The molecule has 2 heterocycles. The maximum absolute atomic E-state index is 6.13. The molecule has 0 aliphatic heterocycles. The molecule has 20 heavy (non-hydrogen) atoms. The van der Waals surface area contributed by atoms with E-state index in [-0.39, 0.29) is 0 Å². The summed E-state index contributed by atoms with van der Waals surface area (Å²) >= 11 is 0. The number of nitrogens with one attached hydrogen (secondary N) is 1. The summed E-state index contributed by atoms with van der Waals surface area (Å²) in [5, 5.41) is 5.42. The number of nitrogens with two attached hydrogens (primary N) is 1. The van der Waals surface area contributed by atoms with Gasteiger partial charge in [-0.25, -0.2) is 4.98 Å². The fourth-order valence-electron chi connectivity index (χ4n) is 2.22. The Morgan fingerprint density at radius 2 is 2.00 bits per heavy atom. The van der Waals surface area contributed by atoms with Crippen LogP contribution in [0.4, 0.5) is 11.5 Å². The summed E-state index contributed by atoms with van der Waals surface area (Å²) in [6, 6.07) is 9.99. The van der Waals surface area contributed by atoms with Crippen LogP contribution >= 0.6 is 0 Å². The number of aryl methyl sites for hydroxylation is 1. The summed E-state index contributed by atoms with van der Waals surface area (Å²) in [6.45, 7) is 2.70. The van der Waals surface area contributed by atoms with Crippen molar-refractivity contribution in [1.29, 1.82) is 0 Å². The van der Waals surface area contributed by atoms with Crippen molar-refractivity contribution in [2.45, 2.75) is 13.5 Å². The predicted molar refractivity (Wildman–Crippen MR) is 82.5 cm³/mol. The molecule has 2 aromatic heterocycles. The molecule has 0 saturated carbocycles. The van der Waals surface area contributed by atoms with Crippen molar-refractivity contribution in [2.75, 3.05) is 11.1 Å². The van der Waals surface area contributed by atoms with Crippen molar-refractivity contribution < 1.29 is 0 Å². The van der Waals surface area contributed by atoms with E-state index in [1.54, 1.807) is 12.4 Å². The van der Waals surface area contributed by atoms with Crippen LogP contribution in [0, 0.1) is 6.92 Å². The molecule has 0 aliphatic rings. The number of benzene rings is 1. The summed E-state index contributed by atoms with van der Waals surface area (Å²) in [5.41, 5.74) is 9.15. The predicted octanol–water partition coefficient (Wildman–Crippen LogP) is 3.13. The maximum atomic E-state index is 6.13. The van der Waals surface area contributed by atoms with E-state index in [1.165, 1.54) is 0 Å². The van der Waals surface area contributed by atoms with Gasteiger partial charge >= 0.3 is 0 Å². The molecule has 3 aromatic rings. The molecule has 4 heteroatoms. The van der Waals surface area contributed by atoms with Crippen LogP contribution in [0.1, 0.15) is 11.1 Å². The normalized spacial score (nSPS) is 10.7. The second-order valence-electron chi connectivity index (χ2n) is 4.77. The molecule has 0 amide bonds. The lowest BCUT2D eigenvalue weighted by atomic mass is 10.1. The molecule has 0 bridgehead atoms. The Labute approximate surface area is 117 Å². The highest BCUT2D eigenvalue weighted by atomic mass is 15.0. The third kappa shape index (κ3) is 2.28. The molecule has 0 aliphatic carbocycles. The van der Waals surface area contributed by atoms with Crippen LogP contribution in [0.15, 0.2) is 48.9 Å². The lowest BCUT2D eigenvalue weighted by molar-refractivity contribution is 1.09. The zero-order valence-electron chi connectivity index (χ0n) is 11.3. The monoisotopic (exact) mass is 264 g/mol. The maximum Gasteiger partial charge on any atom is 0.134 e. The molecule has 0 atom stereocenters. The van der Waals surface area contributed by atoms with E-state index in [0.717, 1.165) is 33.4 Å². The highest BCUT2D eigenvalue weighted by Gasteiger charge is 2.06. The van der Waals surface area contributed by atoms with Crippen LogP contribution in [0.5, 0.6) is 0 Å². The van der Waals surface area contributed by atoms with Crippen molar-refractivity contribution in [2.24, 2.45) is 0 Å². The smallest absolute Gasteiger partial charge is 0.134 e. The molecule has 100 valence electrons. The van der Waals surface area contributed by atoms with Crippen LogP contribution in [0.25, 0.3) is 10.8 Å². The Kier molecular flexibility index (Phi) is 3.21. The van der Waals surface area contributed by atoms with E-state index in [4.69, 9.17) is 5.73 Å². The molecule has 0 saturated heterocycles. The molecular formula is C16H16N4. The van der Waals surface area contributed by atoms with Gasteiger partial charge in [-0.05, 0) is 30.2 Å². The number of aromatic nitrogens is 2. The third-order valence-corrected chi connectivity index (χ3v) is 3.39. The number of hydrogen-bond donors (Lipinski definition) is 2. The quantitative estimate of drug-likeness (QED) is 0.713. The standard InChI is InChI=1S/C16H16N4/c1-11-4-5-14-13(15(11)17)6-8-19-16(14)20-10-12-3-2-7-18-9-12/h2-9H,10,17H2,1H3,(H,19,20). The van der Waals surface area contributed by atoms with E-state index >= 15 is 0 Å². The Morgan fingerprint density at radius 1 is 1.10 bits per heavy atom. The number of anilines is 2. The van der Waals surface area contributed by atoms with Crippen LogP contribution in [0.3, 0.4) is 0 Å². The Hall–Kier alpha value is -2.62. The van der Waals surface area contributed by atoms with Crippen molar-refractivity contribution in [1.82, 2.24) is 9.97 Å². The molecular weight excluding hydrogens is 248 g/mol. The molecule has 3 N–H and O–H groups in total. The van der Waals surface area contributed by atoms with Crippen LogP contribution in [-0.4, -0.2) is 9.97 Å². The van der Waals surface area contributed by atoms with E-state index in [2.05, 4.69) is 21.4 Å². The fraction of sp³-hybridized carbons (Fsp3) is 0.125. The summed E-state index contributed by atoms with van der Waals surface area (Å²) in [5.74, 6) is 0.845. The van der Waals surface area contributed by atoms with Gasteiger partial charge in [0.05, 0.1) is 0 Å². The average Bonchev–Trinajstić information content (AvgIpc) is 2.50. The molecule has 3 rings (SSSR count). The Morgan fingerprint density at radius 3 is 2.80 bits per heavy atom. The molecule has 1 aromatic carbocycles. The van der Waals surface area contributed by atoms with Gasteiger partial charge in [-0.2, -0.15) is 0 Å². The lowest BCUT2D eigenvalue weighted by Gasteiger charge is -2.11.